The second kappa shape index (κ2) is 5.25. The van der Waals surface area contributed by atoms with Crippen molar-refractivity contribution in [2.75, 3.05) is 18.0 Å². The van der Waals surface area contributed by atoms with Crippen molar-refractivity contribution >= 4 is 5.69 Å². The number of hydrogen-bond acceptors (Lipinski definition) is 3. The van der Waals surface area contributed by atoms with Gasteiger partial charge in [0.05, 0.1) is 16.7 Å². The monoisotopic (exact) mass is 294 g/mol. The van der Waals surface area contributed by atoms with Gasteiger partial charge in [-0.2, -0.15) is 0 Å². The second-order valence-electron chi connectivity index (χ2n) is 7.01. The molecule has 0 amide bonds. The highest BCUT2D eigenvalue weighted by Crippen LogP contribution is 2.49. The van der Waals surface area contributed by atoms with Crippen molar-refractivity contribution in [3.63, 3.8) is 0 Å². The minimum Gasteiger partial charge on any atom is -0.367 e. The van der Waals surface area contributed by atoms with E-state index in [2.05, 4.69) is 39.5 Å². The Morgan fingerprint density at radius 2 is 1.76 bits per heavy atom. The zero-order valence-electron chi connectivity index (χ0n) is 13.7. The van der Waals surface area contributed by atoms with Gasteiger partial charge in [-0.25, -0.2) is 4.39 Å². The van der Waals surface area contributed by atoms with E-state index in [1.807, 2.05) is 12.1 Å². The fraction of sp³-hybridized carbons (Fsp3) is 0.647. The van der Waals surface area contributed by atoms with Gasteiger partial charge in [0.1, 0.15) is 5.82 Å². The van der Waals surface area contributed by atoms with E-state index in [1.54, 1.807) is 0 Å². The van der Waals surface area contributed by atoms with Crippen molar-refractivity contribution in [3.05, 3.63) is 30.1 Å². The molecule has 0 spiro atoms. The molecule has 1 saturated heterocycles. The van der Waals surface area contributed by atoms with Crippen molar-refractivity contribution in [1.82, 2.24) is 0 Å². The number of nitrogens with two attached hydrogens (primary N) is 1. The molecule has 3 nitrogen and oxygen atoms in total. The normalized spacial score (nSPS) is 26.8. The molecule has 1 aromatic rings. The van der Waals surface area contributed by atoms with E-state index >= 15 is 0 Å². The summed E-state index contributed by atoms with van der Waals surface area (Å²) in [5, 5.41) is 0. The molecule has 0 aliphatic carbocycles. The number of ether oxygens (including phenoxy) is 1. The topological polar surface area (TPSA) is 38.5 Å². The average Bonchev–Trinajstić information content (AvgIpc) is 2.58. The lowest BCUT2D eigenvalue weighted by Crippen LogP contribution is -2.63. The molecular weight excluding hydrogens is 267 g/mol. The number of nitrogens with zero attached hydrogens (tertiary/aromatic N) is 1. The fourth-order valence-electron chi connectivity index (χ4n) is 3.94. The number of hydrogen-bond donors (Lipinski definition) is 1. The van der Waals surface area contributed by atoms with Gasteiger partial charge in [0.2, 0.25) is 0 Å². The number of benzene rings is 1. The number of anilines is 1. The first kappa shape index (κ1) is 16.2. The molecule has 0 radical (unpaired) electrons. The zero-order valence-corrected chi connectivity index (χ0v) is 13.7. The maximum Gasteiger partial charge on any atom is 0.123 e. The Labute approximate surface area is 127 Å². The quantitative estimate of drug-likeness (QED) is 0.925. The maximum atomic E-state index is 13.2. The van der Waals surface area contributed by atoms with Gasteiger partial charge in [-0.1, -0.05) is 0 Å². The van der Waals surface area contributed by atoms with Gasteiger partial charge in [0.15, 0.2) is 0 Å². The third-order valence-corrected chi connectivity index (χ3v) is 4.68. The SMILES string of the molecule is CCN(c1ccc(F)cc1)C1(CN)CC(C)(C)OC1(C)C. The predicted molar refractivity (Wildman–Crippen MR) is 85.1 cm³/mol. The molecule has 2 N–H and O–H groups in total. The van der Waals surface area contributed by atoms with Crippen LogP contribution in [0.15, 0.2) is 24.3 Å². The molecule has 21 heavy (non-hydrogen) atoms. The summed E-state index contributed by atoms with van der Waals surface area (Å²) in [7, 11) is 0. The summed E-state index contributed by atoms with van der Waals surface area (Å²) >= 11 is 0. The molecule has 0 bridgehead atoms. The van der Waals surface area contributed by atoms with E-state index in [0.717, 1.165) is 18.7 Å². The fourth-order valence-corrected chi connectivity index (χ4v) is 3.94. The Hall–Kier alpha value is -1.13. The van der Waals surface area contributed by atoms with Crippen LogP contribution in [0.5, 0.6) is 0 Å². The van der Waals surface area contributed by atoms with E-state index in [1.165, 1.54) is 12.1 Å². The number of likely N-dealkylation sites (N-methyl/N-ethyl adjacent to an activating group) is 1. The van der Waals surface area contributed by atoms with E-state index in [4.69, 9.17) is 10.5 Å². The van der Waals surface area contributed by atoms with Crippen molar-refractivity contribution in [2.24, 2.45) is 5.73 Å². The molecule has 0 saturated carbocycles. The van der Waals surface area contributed by atoms with Crippen molar-refractivity contribution < 1.29 is 9.13 Å². The van der Waals surface area contributed by atoms with E-state index in [9.17, 15) is 4.39 Å². The van der Waals surface area contributed by atoms with Crippen LogP contribution in [-0.2, 0) is 4.74 Å². The molecule has 4 heteroatoms. The Bertz CT molecular complexity index is 498. The van der Waals surface area contributed by atoms with Gasteiger partial charge in [0, 0.05) is 25.2 Å². The summed E-state index contributed by atoms with van der Waals surface area (Å²) in [6.07, 6.45) is 0.842. The summed E-state index contributed by atoms with van der Waals surface area (Å²) in [6, 6.07) is 6.63. The van der Waals surface area contributed by atoms with Gasteiger partial charge in [-0.15, -0.1) is 0 Å². The van der Waals surface area contributed by atoms with Crippen molar-refractivity contribution in [2.45, 2.75) is 57.8 Å². The number of rotatable bonds is 4. The van der Waals surface area contributed by atoms with Crippen LogP contribution in [0.2, 0.25) is 0 Å². The third kappa shape index (κ3) is 2.67. The standard InChI is InChI=1S/C17H27FN2O/c1-6-20(14-9-7-13(18)8-10-14)17(12-19)11-15(2,3)21-16(17,4)5/h7-10H,6,11-12,19H2,1-5H3. The lowest BCUT2D eigenvalue weighted by molar-refractivity contribution is -0.0783. The van der Waals surface area contributed by atoms with Gasteiger partial charge in [-0.05, 0) is 58.9 Å². The van der Waals surface area contributed by atoms with E-state index in [0.29, 0.717) is 6.54 Å². The van der Waals surface area contributed by atoms with Gasteiger partial charge in [0.25, 0.3) is 0 Å². The first-order valence-corrected chi connectivity index (χ1v) is 7.61. The molecule has 1 aliphatic rings. The van der Waals surface area contributed by atoms with E-state index < -0.39 is 0 Å². The van der Waals surface area contributed by atoms with E-state index in [-0.39, 0.29) is 22.6 Å². The molecular formula is C17H27FN2O. The summed E-state index contributed by atoms with van der Waals surface area (Å²) in [6.45, 7) is 11.8. The smallest absolute Gasteiger partial charge is 0.123 e. The molecule has 1 aliphatic heterocycles. The first-order chi connectivity index (χ1) is 9.67. The van der Waals surface area contributed by atoms with Crippen LogP contribution < -0.4 is 10.6 Å². The highest BCUT2D eigenvalue weighted by molar-refractivity contribution is 5.51. The Balaban J connectivity index is 2.49. The summed E-state index contributed by atoms with van der Waals surface area (Å²) in [5.74, 6) is -0.223. The predicted octanol–water partition coefficient (Wildman–Crippen LogP) is 3.33. The summed E-state index contributed by atoms with van der Waals surface area (Å²) < 4.78 is 19.5. The molecule has 1 aromatic carbocycles. The zero-order chi connectivity index (χ0) is 15.9. The van der Waals surface area contributed by atoms with Gasteiger partial charge < -0.3 is 15.4 Å². The Morgan fingerprint density at radius 1 is 1.19 bits per heavy atom. The van der Waals surface area contributed by atoms with Crippen LogP contribution in [0.4, 0.5) is 10.1 Å². The van der Waals surface area contributed by atoms with Crippen LogP contribution >= 0.6 is 0 Å². The Kier molecular flexibility index (Phi) is 4.06. The second-order valence-corrected chi connectivity index (χ2v) is 7.01. The van der Waals surface area contributed by atoms with Crippen LogP contribution in [0.3, 0.4) is 0 Å². The van der Waals surface area contributed by atoms with Crippen LogP contribution in [-0.4, -0.2) is 29.8 Å². The molecule has 0 aromatic heterocycles. The third-order valence-electron chi connectivity index (χ3n) is 4.68. The first-order valence-electron chi connectivity index (χ1n) is 7.61. The van der Waals surface area contributed by atoms with Crippen molar-refractivity contribution in [1.29, 1.82) is 0 Å². The molecule has 1 heterocycles. The highest BCUT2D eigenvalue weighted by Gasteiger charge is 2.59. The Morgan fingerprint density at radius 3 is 2.14 bits per heavy atom. The summed E-state index contributed by atoms with van der Waals surface area (Å²) in [5.41, 5.74) is 6.29. The highest BCUT2D eigenvalue weighted by atomic mass is 19.1. The lowest BCUT2D eigenvalue weighted by Gasteiger charge is -2.48. The largest absolute Gasteiger partial charge is 0.367 e. The lowest BCUT2D eigenvalue weighted by atomic mass is 9.77. The summed E-state index contributed by atoms with van der Waals surface area (Å²) in [4.78, 5) is 2.27. The molecule has 1 atom stereocenters. The average molecular weight is 294 g/mol. The molecule has 118 valence electrons. The minimum atomic E-state index is -0.379. The van der Waals surface area contributed by atoms with Gasteiger partial charge >= 0.3 is 0 Å². The molecule has 1 unspecified atom stereocenters. The minimum absolute atomic E-state index is 0.223. The molecule has 1 fully saturated rings. The van der Waals surface area contributed by atoms with Crippen LogP contribution in [0, 0.1) is 5.82 Å². The van der Waals surface area contributed by atoms with Crippen molar-refractivity contribution in [3.8, 4) is 0 Å². The van der Waals surface area contributed by atoms with Gasteiger partial charge in [-0.3, -0.25) is 0 Å². The van der Waals surface area contributed by atoms with Crippen LogP contribution in [0.1, 0.15) is 41.0 Å². The van der Waals surface area contributed by atoms with Crippen LogP contribution in [0.25, 0.3) is 0 Å². The number of halogens is 1. The maximum absolute atomic E-state index is 13.2. The molecule has 2 rings (SSSR count).